The molecule has 2 atom stereocenters. The highest BCUT2D eigenvalue weighted by Crippen LogP contribution is 2.40. The summed E-state index contributed by atoms with van der Waals surface area (Å²) < 4.78 is 5.20. The van der Waals surface area contributed by atoms with Crippen molar-refractivity contribution in [3.05, 3.63) is 65.7 Å². The molecule has 0 bridgehead atoms. The predicted molar refractivity (Wildman–Crippen MR) is 111 cm³/mol. The van der Waals surface area contributed by atoms with Crippen LogP contribution in [0.3, 0.4) is 0 Å². The molecule has 7 nitrogen and oxygen atoms in total. The second-order valence-corrected chi connectivity index (χ2v) is 7.92. The van der Waals surface area contributed by atoms with Gasteiger partial charge in [0.1, 0.15) is 11.8 Å². The average molecular weight is 407 g/mol. The normalized spacial score (nSPS) is 22.8. The van der Waals surface area contributed by atoms with Gasteiger partial charge in [-0.15, -0.1) is 0 Å². The van der Waals surface area contributed by atoms with E-state index in [9.17, 15) is 14.4 Å². The second kappa shape index (κ2) is 8.18. The van der Waals surface area contributed by atoms with Crippen molar-refractivity contribution >= 4 is 17.7 Å². The summed E-state index contributed by atoms with van der Waals surface area (Å²) in [4.78, 5) is 39.8. The topological polar surface area (TPSA) is 87.7 Å². The molecular formula is C23H25N3O4. The van der Waals surface area contributed by atoms with Crippen LogP contribution in [0.2, 0.25) is 0 Å². The lowest BCUT2D eigenvalue weighted by Crippen LogP contribution is -2.41. The Morgan fingerprint density at radius 2 is 2.00 bits per heavy atom. The van der Waals surface area contributed by atoms with Gasteiger partial charge in [0.25, 0.3) is 5.91 Å². The molecule has 2 N–H and O–H groups in total. The maximum absolute atomic E-state index is 12.7. The molecule has 0 aliphatic carbocycles. The lowest BCUT2D eigenvalue weighted by Gasteiger charge is -2.21. The Labute approximate surface area is 175 Å². The number of benzene rings is 2. The molecule has 4 rings (SSSR count). The van der Waals surface area contributed by atoms with Crippen molar-refractivity contribution in [2.24, 2.45) is 5.41 Å². The Bertz CT molecular complexity index is 962. The molecule has 2 heterocycles. The number of ether oxygens (including phenoxy) is 1. The van der Waals surface area contributed by atoms with E-state index < -0.39 is 11.5 Å². The van der Waals surface area contributed by atoms with Gasteiger partial charge in [0.2, 0.25) is 11.8 Å². The van der Waals surface area contributed by atoms with E-state index in [1.54, 1.807) is 24.1 Å². The molecule has 2 aromatic rings. The van der Waals surface area contributed by atoms with Crippen LogP contribution >= 0.6 is 0 Å². The molecule has 156 valence electrons. The maximum Gasteiger partial charge on any atom is 0.253 e. The van der Waals surface area contributed by atoms with Crippen LogP contribution in [-0.2, 0) is 16.1 Å². The zero-order valence-electron chi connectivity index (χ0n) is 16.9. The number of hydrogen-bond acceptors (Lipinski definition) is 4. The largest absolute Gasteiger partial charge is 0.497 e. The van der Waals surface area contributed by atoms with Gasteiger partial charge in [0.05, 0.1) is 12.5 Å². The standard InChI is InChI=1S/C23H25N3O4/c1-30-18-9-5-6-16(12-18)14-24-20(27)19-13-23(22(29)25-19)10-11-26(15-23)21(28)17-7-3-2-4-8-17/h2-9,12,19H,10-11,13-15H2,1H3,(H,24,27)(H,25,29)/t19-,23-/m0/s1. The highest BCUT2D eigenvalue weighted by Gasteiger charge is 2.53. The van der Waals surface area contributed by atoms with Crippen LogP contribution in [0.15, 0.2) is 54.6 Å². The van der Waals surface area contributed by atoms with Crippen molar-refractivity contribution in [1.29, 1.82) is 0 Å². The van der Waals surface area contributed by atoms with Crippen LogP contribution in [0.25, 0.3) is 0 Å². The quantitative estimate of drug-likeness (QED) is 0.790. The predicted octanol–water partition coefficient (Wildman–Crippen LogP) is 1.73. The number of nitrogens with zero attached hydrogens (tertiary/aromatic N) is 1. The molecule has 30 heavy (non-hydrogen) atoms. The van der Waals surface area contributed by atoms with E-state index in [0.29, 0.717) is 38.0 Å². The zero-order chi connectivity index (χ0) is 21.1. The third-order valence-electron chi connectivity index (χ3n) is 5.96. The number of hydrogen-bond donors (Lipinski definition) is 2. The van der Waals surface area contributed by atoms with Crippen LogP contribution in [0.5, 0.6) is 5.75 Å². The first kappa shape index (κ1) is 19.9. The molecule has 2 fully saturated rings. The SMILES string of the molecule is COc1cccc(CNC(=O)[C@@H]2C[C@]3(CCN(C(=O)c4ccccc4)C3)C(=O)N2)c1. The van der Waals surface area contributed by atoms with Gasteiger partial charge in [-0.2, -0.15) is 0 Å². The van der Waals surface area contributed by atoms with E-state index >= 15 is 0 Å². The van der Waals surface area contributed by atoms with Crippen LogP contribution in [0.1, 0.15) is 28.8 Å². The molecule has 7 heteroatoms. The minimum Gasteiger partial charge on any atom is -0.497 e. The monoisotopic (exact) mass is 407 g/mol. The minimum absolute atomic E-state index is 0.0776. The van der Waals surface area contributed by atoms with Gasteiger partial charge in [-0.25, -0.2) is 0 Å². The first-order chi connectivity index (χ1) is 14.5. The maximum atomic E-state index is 12.7. The van der Waals surface area contributed by atoms with Gasteiger partial charge in [-0.05, 0) is 42.7 Å². The number of likely N-dealkylation sites (tertiary alicyclic amines) is 1. The van der Waals surface area contributed by atoms with Crippen molar-refractivity contribution in [3.63, 3.8) is 0 Å². The molecule has 3 amide bonds. The molecule has 0 unspecified atom stereocenters. The van der Waals surface area contributed by atoms with E-state index in [-0.39, 0.29) is 17.7 Å². The summed E-state index contributed by atoms with van der Waals surface area (Å²) in [6.07, 6.45) is 0.964. The lowest BCUT2D eigenvalue weighted by molar-refractivity contribution is -0.128. The number of carbonyl (C=O) groups excluding carboxylic acids is 3. The number of carbonyl (C=O) groups is 3. The fourth-order valence-electron chi connectivity index (χ4n) is 4.26. The van der Waals surface area contributed by atoms with Crippen LogP contribution in [0.4, 0.5) is 0 Å². The van der Waals surface area contributed by atoms with Gasteiger partial charge in [-0.3, -0.25) is 14.4 Å². The summed E-state index contributed by atoms with van der Waals surface area (Å²) in [5.74, 6) is 0.290. The van der Waals surface area contributed by atoms with Crippen molar-refractivity contribution in [2.45, 2.75) is 25.4 Å². The molecule has 2 saturated heterocycles. The number of methoxy groups -OCH3 is 1. The Balaban J connectivity index is 1.36. The van der Waals surface area contributed by atoms with Crippen LogP contribution in [-0.4, -0.2) is 48.9 Å². The van der Waals surface area contributed by atoms with Gasteiger partial charge >= 0.3 is 0 Å². The smallest absolute Gasteiger partial charge is 0.253 e. The summed E-state index contributed by atoms with van der Waals surface area (Å²) >= 11 is 0. The molecular weight excluding hydrogens is 382 g/mol. The van der Waals surface area contributed by atoms with E-state index in [1.807, 2.05) is 42.5 Å². The summed E-state index contributed by atoms with van der Waals surface area (Å²) in [5.41, 5.74) is 0.838. The summed E-state index contributed by atoms with van der Waals surface area (Å²) in [7, 11) is 1.60. The van der Waals surface area contributed by atoms with Crippen LogP contribution in [0, 0.1) is 5.41 Å². The minimum atomic E-state index is -0.692. The lowest BCUT2D eigenvalue weighted by atomic mass is 9.84. The molecule has 0 radical (unpaired) electrons. The Morgan fingerprint density at radius 1 is 1.20 bits per heavy atom. The molecule has 1 spiro atoms. The first-order valence-corrected chi connectivity index (χ1v) is 10.1. The van der Waals surface area contributed by atoms with Crippen molar-refractivity contribution in [1.82, 2.24) is 15.5 Å². The molecule has 0 saturated carbocycles. The summed E-state index contributed by atoms with van der Waals surface area (Å²) in [5, 5.41) is 5.72. The van der Waals surface area contributed by atoms with Crippen molar-refractivity contribution in [2.75, 3.05) is 20.2 Å². The summed E-state index contributed by atoms with van der Waals surface area (Å²) in [6, 6.07) is 15.9. The van der Waals surface area contributed by atoms with E-state index in [4.69, 9.17) is 4.74 Å². The van der Waals surface area contributed by atoms with Crippen molar-refractivity contribution in [3.8, 4) is 5.75 Å². The van der Waals surface area contributed by atoms with Gasteiger partial charge in [0, 0.05) is 25.2 Å². The number of rotatable bonds is 5. The zero-order valence-corrected chi connectivity index (χ0v) is 16.9. The molecule has 2 aliphatic rings. The van der Waals surface area contributed by atoms with Gasteiger partial charge in [-0.1, -0.05) is 30.3 Å². The Hall–Kier alpha value is -3.35. The molecule has 0 aromatic heterocycles. The van der Waals surface area contributed by atoms with E-state index in [2.05, 4.69) is 10.6 Å². The van der Waals surface area contributed by atoms with E-state index in [0.717, 1.165) is 11.3 Å². The number of nitrogens with one attached hydrogen (secondary N) is 2. The summed E-state index contributed by atoms with van der Waals surface area (Å²) in [6.45, 7) is 1.21. The highest BCUT2D eigenvalue weighted by molar-refractivity contribution is 5.97. The fraction of sp³-hybridized carbons (Fsp3) is 0.348. The fourth-order valence-corrected chi connectivity index (χ4v) is 4.26. The highest BCUT2D eigenvalue weighted by atomic mass is 16.5. The third kappa shape index (κ3) is 3.87. The number of amides is 3. The molecule has 2 aliphatic heterocycles. The first-order valence-electron chi connectivity index (χ1n) is 10.1. The van der Waals surface area contributed by atoms with Crippen LogP contribution < -0.4 is 15.4 Å². The van der Waals surface area contributed by atoms with Crippen molar-refractivity contribution < 1.29 is 19.1 Å². The Morgan fingerprint density at radius 3 is 2.77 bits per heavy atom. The molecule has 2 aromatic carbocycles. The third-order valence-corrected chi connectivity index (χ3v) is 5.96. The van der Waals surface area contributed by atoms with E-state index in [1.165, 1.54) is 0 Å². The second-order valence-electron chi connectivity index (χ2n) is 7.92. The Kier molecular flexibility index (Phi) is 5.44. The average Bonchev–Trinajstić information content (AvgIpc) is 3.36. The van der Waals surface area contributed by atoms with Gasteiger partial charge < -0.3 is 20.3 Å². The van der Waals surface area contributed by atoms with Gasteiger partial charge in [0.15, 0.2) is 0 Å².